The topological polar surface area (TPSA) is 72.4 Å². The molecule has 0 spiro atoms. The second-order valence-corrected chi connectivity index (χ2v) is 11.5. The van der Waals surface area contributed by atoms with Gasteiger partial charge in [0.15, 0.2) is 11.3 Å². The molecule has 2 aromatic carbocycles. The van der Waals surface area contributed by atoms with E-state index in [4.69, 9.17) is 11.1 Å². The van der Waals surface area contributed by atoms with Gasteiger partial charge in [-0.2, -0.15) is 0 Å². The van der Waals surface area contributed by atoms with E-state index in [-0.39, 0.29) is 12.1 Å². The molecule has 0 bridgehead atoms. The molecule has 0 amide bonds. The Bertz CT molecular complexity index is 1420. The number of aromatic nitrogens is 2. The predicted octanol–water partition coefficient (Wildman–Crippen LogP) is 6.68. The largest absolute Gasteiger partial charge is 0.357 e. The Hall–Kier alpha value is -2.93. The van der Waals surface area contributed by atoms with Gasteiger partial charge in [0.05, 0.1) is 34.0 Å². The molecule has 34 heavy (non-hydrogen) atoms. The molecule has 0 saturated heterocycles. The highest BCUT2D eigenvalue weighted by atomic mass is 79.9. The van der Waals surface area contributed by atoms with Crippen molar-refractivity contribution >= 4 is 43.6 Å². The maximum absolute atomic E-state index is 14.6. The Morgan fingerprint density at radius 2 is 1.97 bits per heavy atom. The lowest BCUT2D eigenvalue weighted by molar-refractivity contribution is 0.459. The zero-order valence-corrected chi connectivity index (χ0v) is 21.2. The fourth-order valence-electron chi connectivity index (χ4n) is 3.52. The second-order valence-electron chi connectivity index (χ2n) is 8.73. The van der Waals surface area contributed by atoms with Crippen molar-refractivity contribution in [2.24, 2.45) is 0 Å². The van der Waals surface area contributed by atoms with E-state index in [9.17, 15) is 8.60 Å². The van der Waals surface area contributed by atoms with Crippen LogP contribution in [0.25, 0.3) is 27.1 Å². The first-order valence-corrected chi connectivity index (χ1v) is 12.5. The van der Waals surface area contributed by atoms with Crippen molar-refractivity contribution < 1.29 is 13.1 Å². The highest BCUT2D eigenvalue weighted by Crippen LogP contribution is 2.36. The maximum atomic E-state index is 14.6. The molecule has 2 heterocycles. The molecule has 6 nitrogen and oxygen atoms in total. The first kappa shape index (κ1) is 24.2. The number of nitrogens with zero attached hydrogens (tertiary/aromatic N) is 3. The lowest BCUT2D eigenvalue weighted by atomic mass is 9.94. The molecule has 0 aliphatic heterocycles. The van der Waals surface area contributed by atoms with Gasteiger partial charge in [0.1, 0.15) is 16.1 Å². The summed E-state index contributed by atoms with van der Waals surface area (Å²) in [7, 11) is -1.43. The van der Waals surface area contributed by atoms with Crippen LogP contribution >= 0.6 is 15.9 Å². The van der Waals surface area contributed by atoms with Crippen LogP contribution in [-0.2, 0) is 17.4 Å². The van der Waals surface area contributed by atoms with Crippen LogP contribution in [-0.4, -0.2) is 19.1 Å². The Morgan fingerprint density at radius 3 is 2.71 bits per heavy atom. The van der Waals surface area contributed by atoms with Gasteiger partial charge in [0.2, 0.25) is 0 Å². The minimum absolute atomic E-state index is 0.168. The van der Waals surface area contributed by atoms with E-state index < -0.39 is 27.6 Å². The van der Waals surface area contributed by atoms with Gasteiger partial charge in [0.25, 0.3) is 0 Å². The molecule has 0 saturated carbocycles. The minimum atomic E-state index is -1.43. The third kappa shape index (κ3) is 5.09. The summed E-state index contributed by atoms with van der Waals surface area (Å²) < 4.78 is 36.4. The molecular formula is C25H22BrFN4O2S. The third-order valence-electron chi connectivity index (χ3n) is 5.26. The van der Waals surface area contributed by atoms with E-state index in [1.165, 1.54) is 6.07 Å². The molecule has 0 unspecified atom stereocenters. The highest BCUT2D eigenvalue weighted by molar-refractivity contribution is 9.10. The lowest BCUT2D eigenvalue weighted by Gasteiger charge is -2.26. The van der Waals surface area contributed by atoms with Crippen molar-refractivity contribution in [3.63, 3.8) is 0 Å². The van der Waals surface area contributed by atoms with Gasteiger partial charge >= 0.3 is 0 Å². The Morgan fingerprint density at radius 1 is 1.21 bits per heavy atom. The average Bonchev–Trinajstić information content (AvgIpc) is 3.23. The highest BCUT2D eigenvalue weighted by Gasteiger charge is 2.27. The second kappa shape index (κ2) is 9.74. The van der Waals surface area contributed by atoms with Crippen LogP contribution in [0.1, 0.15) is 38.1 Å². The van der Waals surface area contributed by atoms with Crippen LogP contribution in [0.3, 0.4) is 0 Å². The number of pyridine rings is 1. The van der Waals surface area contributed by atoms with E-state index in [2.05, 4.69) is 35.6 Å². The zero-order valence-electron chi connectivity index (χ0n) is 18.8. The van der Waals surface area contributed by atoms with Crippen LogP contribution in [0.4, 0.5) is 10.1 Å². The van der Waals surface area contributed by atoms with Gasteiger partial charge in [0, 0.05) is 17.4 Å². The number of hydrogen-bond acceptors (Lipinski definition) is 4. The summed E-state index contributed by atoms with van der Waals surface area (Å²) in [5, 5.41) is 5.02. The first-order valence-electron chi connectivity index (χ1n) is 10.5. The van der Waals surface area contributed by atoms with Crippen molar-refractivity contribution in [2.75, 3.05) is 0 Å². The molecule has 1 N–H and O–H groups in total. The summed E-state index contributed by atoms with van der Waals surface area (Å²) in [5.41, 5.74) is 3.35. The smallest absolute Gasteiger partial charge is 0.191 e. The molecule has 0 aliphatic carbocycles. The summed E-state index contributed by atoms with van der Waals surface area (Å²) in [6, 6.07) is 15.1. The Kier molecular flexibility index (Phi) is 6.94. The monoisotopic (exact) mass is 540 g/mol. The van der Waals surface area contributed by atoms with Crippen LogP contribution in [0.5, 0.6) is 0 Å². The van der Waals surface area contributed by atoms with Crippen molar-refractivity contribution in [1.82, 2.24) is 14.9 Å². The summed E-state index contributed by atoms with van der Waals surface area (Å²) in [4.78, 5) is 7.75. The van der Waals surface area contributed by atoms with Gasteiger partial charge in [-0.3, -0.25) is 0 Å². The van der Waals surface area contributed by atoms with Crippen molar-refractivity contribution in [2.45, 2.75) is 38.0 Å². The number of hydrogen-bond donors (Lipinski definition) is 1. The summed E-state index contributed by atoms with van der Waals surface area (Å²) >= 11 is 3.31. The average molecular weight is 541 g/mol. The van der Waals surface area contributed by atoms with E-state index in [1.54, 1.807) is 24.3 Å². The van der Waals surface area contributed by atoms with Crippen LogP contribution in [0, 0.1) is 12.4 Å². The van der Waals surface area contributed by atoms with E-state index in [0.717, 1.165) is 16.5 Å². The van der Waals surface area contributed by atoms with Gasteiger partial charge < -0.3 is 4.52 Å². The Labute approximate surface area is 208 Å². The molecule has 0 aliphatic rings. The van der Waals surface area contributed by atoms with Gasteiger partial charge in [-0.15, -0.1) is 0 Å². The van der Waals surface area contributed by atoms with E-state index in [1.807, 2.05) is 45.0 Å². The molecule has 4 aromatic rings. The number of benzene rings is 2. The first-order chi connectivity index (χ1) is 16.2. The minimum Gasteiger partial charge on any atom is -0.357 e. The van der Waals surface area contributed by atoms with Crippen molar-refractivity contribution in [3.05, 3.63) is 87.7 Å². The van der Waals surface area contributed by atoms with Crippen LogP contribution < -0.4 is 4.72 Å². The molecule has 174 valence electrons. The quantitative estimate of drug-likeness (QED) is 0.218. The van der Waals surface area contributed by atoms with Crippen LogP contribution in [0.15, 0.2) is 63.7 Å². The van der Waals surface area contributed by atoms with E-state index >= 15 is 0 Å². The normalized spacial score (nSPS) is 13.5. The number of rotatable bonds is 6. The SMILES string of the molecule is [C-]#[N+]c1ccc2c(-c3ccccc3[C@H](Cc3nc(Br)ccc3F)N[S@@](=O)C(C)(C)C)noc2c1. The van der Waals surface area contributed by atoms with Gasteiger partial charge in [-0.05, 0) is 60.5 Å². The molecular weight excluding hydrogens is 519 g/mol. The molecule has 2 atom stereocenters. The maximum Gasteiger partial charge on any atom is 0.191 e. The Balaban J connectivity index is 1.83. The fourth-order valence-corrected chi connectivity index (χ4v) is 4.69. The standard InChI is InChI=1S/C25H22BrFN4O2S/c1-25(2,3)34(32)31-20(14-21-19(27)11-12-23(26)29-21)16-7-5-6-8-17(16)24-18-10-9-15(28-4)13-22(18)33-30-24/h5-13,20,31H,14H2,1-3H3/t20-,34-/m0/s1. The van der Waals surface area contributed by atoms with E-state index in [0.29, 0.717) is 21.6 Å². The van der Waals surface area contributed by atoms with Crippen molar-refractivity contribution in [3.8, 4) is 11.3 Å². The molecule has 4 rings (SSSR count). The number of halogens is 2. The zero-order chi connectivity index (χ0) is 24.5. The summed E-state index contributed by atoms with van der Waals surface area (Å²) in [5.74, 6) is -0.437. The molecule has 9 heteroatoms. The molecule has 2 aromatic heterocycles. The molecule has 0 radical (unpaired) electrons. The van der Waals surface area contributed by atoms with Gasteiger partial charge in [-0.25, -0.2) is 23.2 Å². The third-order valence-corrected chi connectivity index (χ3v) is 7.32. The number of fused-ring (bicyclic) bond motifs is 1. The fraction of sp³-hybridized carbons (Fsp3) is 0.240. The van der Waals surface area contributed by atoms with Crippen LogP contribution in [0.2, 0.25) is 0 Å². The lowest BCUT2D eigenvalue weighted by Crippen LogP contribution is -2.37. The summed E-state index contributed by atoms with van der Waals surface area (Å²) in [6.45, 7) is 12.8. The number of nitrogens with one attached hydrogen (secondary N) is 1. The van der Waals surface area contributed by atoms with Crippen molar-refractivity contribution in [1.29, 1.82) is 0 Å². The molecule has 0 fully saturated rings. The predicted molar refractivity (Wildman–Crippen MR) is 135 cm³/mol. The summed E-state index contributed by atoms with van der Waals surface area (Å²) in [6.07, 6.45) is 0.168. The van der Waals surface area contributed by atoms with Gasteiger partial charge in [-0.1, -0.05) is 41.6 Å².